The molecule has 8 nitrogen and oxygen atoms in total. The first kappa shape index (κ1) is 17.1. The maximum atomic E-state index is 12.1. The zero-order chi connectivity index (χ0) is 18.0. The zero-order valence-electron chi connectivity index (χ0n) is 14.7. The molecule has 1 aliphatic heterocycles. The first-order valence-corrected chi connectivity index (χ1v) is 8.29. The molecule has 1 saturated heterocycles. The van der Waals surface area contributed by atoms with Crippen LogP contribution in [0.15, 0.2) is 35.4 Å². The number of aromatic nitrogens is 3. The van der Waals surface area contributed by atoms with E-state index in [9.17, 15) is 9.59 Å². The molecule has 8 heteroatoms. The van der Waals surface area contributed by atoms with Gasteiger partial charge in [0.2, 0.25) is 0 Å². The summed E-state index contributed by atoms with van der Waals surface area (Å²) in [6, 6.07) is 7.70. The second kappa shape index (κ2) is 6.62. The predicted molar refractivity (Wildman–Crippen MR) is 94.2 cm³/mol. The lowest BCUT2D eigenvalue weighted by molar-refractivity contribution is 0.0240. The van der Waals surface area contributed by atoms with E-state index >= 15 is 0 Å². The van der Waals surface area contributed by atoms with Gasteiger partial charge in [0.1, 0.15) is 11.9 Å². The van der Waals surface area contributed by atoms with Crippen LogP contribution >= 0.6 is 0 Å². The highest BCUT2D eigenvalue weighted by Gasteiger charge is 2.25. The van der Waals surface area contributed by atoms with Crippen LogP contribution in [0.3, 0.4) is 0 Å². The summed E-state index contributed by atoms with van der Waals surface area (Å²) in [5, 5.41) is 6.10. The van der Waals surface area contributed by atoms with Gasteiger partial charge in [0.15, 0.2) is 0 Å². The largest absolute Gasteiger partial charge is 0.444 e. The smallest absolute Gasteiger partial charge is 0.410 e. The SMILES string of the molecule is CC(C)(C)OC(=O)N1CCN(c2ccc(-n3cn[nH]c3=O)cc2)CC1. The molecular weight excluding hydrogens is 322 g/mol. The number of hydrogen-bond donors (Lipinski definition) is 1. The Balaban J connectivity index is 1.61. The molecule has 0 unspecified atom stereocenters. The standard InChI is InChI=1S/C17H23N5O3/c1-17(2,3)25-16(24)21-10-8-20(9-11-21)13-4-6-14(7-5-13)22-12-18-19-15(22)23/h4-7,12H,8-11H2,1-3H3,(H,19,23). The first-order chi connectivity index (χ1) is 11.8. The van der Waals surface area contributed by atoms with E-state index in [0.29, 0.717) is 13.1 Å². The van der Waals surface area contributed by atoms with Crippen LogP contribution in [0, 0.1) is 0 Å². The molecule has 1 aromatic heterocycles. The van der Waals surface area contributed by atoms with Crippen molar-refractivity contribution in [2.45, 2.75) is 26.4 Å². The second-order valence-electron chi connectivity index (χ2n) is 7.00. The van der Waals surface area contributed by atoms with Crippen molar-refractivity contribution in [2.75, 3.05) is 31.1 Å². The summed E-state index contributed by atoms with van der Waals surface area (Å²) in [5.41, 5.74) is 1.08. The lowest BCUT2D eigenvalue weighted by Crippen LogP contribution is -2.50. The molecule has 1 N–H and O–H groups in total. The van der Waals surface area contributed by atoms with E-state index in [1.807, 2.05) is 45.0 Å². The number of amides is 1. The fourth-order valence-electron chi connectivity index (χ4n) is 2.73. The van der Waals surface area contributed by atoms with Crippen LogP contribution in [0.2, 0.25) is 0 Å². The lowest BCUT2D eigenvalue weighted by atomic mass is 10.2. The number of anilines is 1. The van der Waals surface area contributed by atoms with E-state index in [-0.39, 0.29) is 11.8 Å². The Morgan fingerprint density at radius 3 is 2.20 bits per heavy atom. The molecule has 1 fully saturated rings. The van der Waals surface area contributed by atoms with Gasteiger partial charge in [-0.05, 0) is 45.0 Å². The summed E-state index contributed by atoms with van der Waals surface area (Å²) in [5.74, 6) is 0. The number of carbonyl (C=O) groups excluding carboxylic acids is 1. The van der Waals surface area contributed by atoms with Crippen molar-refractivity contribution < 1.29 is 9.53 Å². The first-order valence-electron chi connectivity index (χ1n) is 8.29. The summed E-state index contributed by atoms with van der Waals surface area (Å²) in [7, 11) is 0. The van der Waals surface area contributed by atoms with Crippen molar-refractivity contribution in [3.63, 3.8) is 0 Å². The monoisotopic (exact) mass is 345 g/mol. The van der Waals surface area contributed by atoms with Gasteiger partial charge in [0.25, 0.3) is 0 Å². The zero-order valence-corrected chi connectivity index (χ0v) is 14.7. The van der Waals surface area contributed by atoms with Gasteiger partial charge in [-0.1, -0.05) is 0 Å². The van der Waals surface area contributed by atoms with Crippen molar-refractivity contribution in [2.24, 2.45) is 0 Å². The van der Waals surface area contributed by atoms with Gasteiger partial charge >= 0.3 is 11.8 Å². The molecule has 1 aliphatic rings. The van der Waals surface area contributed by atoms with Gasteiger partial charge in [0.05, 0.1) is 5.69 Å². The second-order valence-corrected chi connectivity index (χ2v) is 7.00. The number of nitrogens with zero attached hydrogens (tertiary/aromatic N) is 4. The summed E-state index contributed by atoms with van der Waals surface area (Å²) in [6.07, 6.45) is 1.19. The predicted octanol–water partition coefficient (Wildman–Crippen LogP) is 1.62. The number of carbonyl (C=O) groups is 1. The Morgan fingerprint density at radius 1 is 1.08 bits per heavy atom. The minimum atomic E-state index is -0.477. The molecule has 25 heavy (non-hydrogen) atoms. The molecule has 2 heterocycles. The van der Waals surface area contributed by atoms with Gasteiger partial charge in [-0.3, -0.25) is 0 Å². The minimum absolute atomic E-state index is 0.262. The summed E-state index contributed by atoms with van der Waals surface area (Å²) >= 11 is 0. The third kappa shape index (κ3) is 4.01. The van der Waals surface area contributed by atoms with Crippen molar-refractivity contribution in [3.8, 4) is 5.69 Å². The number of hydrogen-bond acceptors (Lipinski definition) is 5. The van der Waals surface area contributed by atoms with Gasteiger partial charge in [-0.25, -0.2) is 19.3 Å². The molecule has 0 radical (unpaired) electrons. The molecule has 134 valence electrons. The molecule has 0 aliphatic carbocycles. The molecule has 0 atom stereocenters. The van der Waals surface area contributed by atoms with Crippen molar-refractivity contribution in [1.29, 1.82) is 0 Å². The van der Waals surface area contributed by atoms with Gasteiger partial charge < -0.3 is 14.5 Å². The van der Waals surface area contributed by atoms with Crippen LogP contribution in [0.25, 0.3) is 5.69 Å². The molecule has 0 spiro atoms. The Labute approximate surface area is 146 Å². The third-order valence-electron chi connectivity index (χ3n) is 3.98. The van der Waals surface area contributed by atoms with Crippen LogP contribution in [0.5, 0.6) is 0 Å². The van der Waals surface area contributed by atoms with Gasteiger partial charge in [-0.2, -0.15) is 5.10 Å². The third-order valence-corrected chi connectivity index (χ3v) is 3.98. The molecular formula is C17H23N5O3. The van der Waals surface area contributed by atoms with E-state index < -0.39 is 5.60 Å². The van der Waals surface area contributed by atoms with Gasteiger partial charge in [-0.15, -0.1) is 0 Å². The fraction of sp³-hybridized carbons (Fsp3) is 0.471. The van der Waals surface area contributed by atoms with Crippen LogP contribution in [-0.4, -0.2) is 57.5 Å². The highest BCUT2D eigenvalue weighted by molar-refractivity contribution is 5.68. The quantitative estimate of drug-likeness (QED) is 0.894. The number of rotatable bonds is 2. The van der Waals surface area contributed by atoms with Crippen LogP contribution in [0.1, 0.15) is 20.8 Å². The highest BCUT2D eigenvalue weighted by atomic mass is 16.6. The van der Waals surface area contributed by atoms with Crippen LogP contribution in [-0.2, 0) is 4.74 Å². The summed E-state index contributed by atoms with van der Waals surface area (Å²) < 4.78 is 6.86. The maximum absolute atomic E-state index is 12.1. The number of piperazine rings is 1. The number of aromatic amines is 1. The number of nitrogens with one attached hydrogen (secondary N) is 1. The van der Waals surface area contributed by atoms with E-state index in [2.05, 4.69) is 15.1 Å². The maximum Gasteiger partial charge on any atom is 0.410 e. The normalized spacial score (nSPS) is 15.3. The highest BCUT2D eigenvalue weighted by Crippen LogP contribution is 2.19. The minimum Gasteiger partial charge on any atom is -0.444 e. The number of benzene rings is 1. The van der Waals surface area contributed by atoms with Crippen LogP contribution in [0.4, 0.5) is 10.5 Å². The van der Waals surface area contributed by atoms with Crippen molar-refractivity contribution in [3.05, 3.63) is 41.1 Å². The molecule has 0 bridgehead atoms. The molecule has 1 aromatic carbocycles. The topological polar surface area (TPSA) is 83.5 Å². The van der Waals surface area contributed by atoms with E-state index in [4.69, 9.17) is 4.74 Å². The van der Waals surface area contributed by atoms with Crippen molar-refractivity contribution >= 4 is 11.8 Å². The Bertz CT molecular complexity index is 780. The Kier molecular flexibility index (Phi) is 4.52. The van der Waals surface area contributed by atoms with E-state index in [0.717, 1.165) is 24.5 Å². The molecule has 3 rings (SSSR count). The van der Waals surface area contributed by atoms with E-state index in [1.165, 1.54) is 10.9 Å². The fourth-order valence-corrected chi connectivity index (χ4v) is 2.73. The Morgan fingerprint density at radius 2 is 1.68 bits per heavy atom. The number of ether oxygens (including phenoxy) is 1. The number of H-pyrrole nitrogens is 1. The average Bonchev–Trinajstić information content (AvgIpc) is 3.00. The average molecular weight is 345 g/mol. The van der Waals surface area contributed by atoms with Crippen molar-refractivity contribution in [1.82, 2.24) is 19.7 Å². The van der Waals surface area contributed by atoms with Gasteiger partial charge in [0, 0.05) is 31.9 Å². The lowest BCUT2D eigenvalue weighted by Gasteiger charge is -2.36. The van der Waals surface area contributed by atoms with Crippen LogP contribution < -0.4 is 10.6 Å². The summed E-state index contributed by atoms with van der Waals surface area (Å²) in [6.45, 7) is 8.33. The summed E-state index contributed by atoms with van der Waals surface area (Å²) in [4.78, 5) is 27.6. The van der Waals surface area contributed by atoms with E-state index in [1.54, 1.807) is 4.90 Å². The molecule has 2 aromatic rings. The molecule has 1 amide bonds. The Hall–Kier alpha value is -2.77. The molecule has 0 saturated carbocycles.